The van der Waals surface area contributed by atoms with Crippen molar-refractivity contribution in [2.45, 2.75) is 11.3 Å². The van der Waals surface area contributed by atoms with E-state index in [4.69, 9.17) is 27.9 Å². The molecule has 0 amide bonds. The summed E-state index contributed by atoms with van der Waals surface area (Å²) >= 11 is 11.8. The summed E-state index contributed by atoms with van der Waals surface area (Å²) in [6.45, 7) is 1.90. The van der Waals surface area contributed by atoms with E-state index < -0.39 is 9.84 Å². The van der Waals surface area contributed by atoms with Gasteiger partial charge in [0, 0.05) is 13.7 Å². The summed E-state index contributed by atoms with van der Waals surface area (Å²) in [6.07, 6.45) is 0.494. The van der Waals surface area contributed by atoms with Crippen LogP contribution >= 0.6 is 23.2 Å². The molecule has 0 aromatic heterocycles. The van der Waals surface area contributed by atoms with Crippen molar-refractivity contribution in [3.05, 3.63) is 28.2 Å². The first-order valence-electron chi connectivity index (χ1n) is 5.85. The third-order valence-corrected chi connectivity index (χ3v) is 5.22. The summed E-state index contributed by atoms with van der Waals surface area (Å²) < 4.78 is 29.2. The van der Waals surface area contributed by atoms with Gasteiger partial charge in [-0.05, 0) is 25.1 Å². The monoisotopic (exact) mass is 325 g/mol. The smallest absolute Gasteiger partial charge is 0.181 e. The highest BCUT2D eigenvalue weighted by Gasteiger charge is 2.20. The SMILES string of the molecule is COCCNCCCS(=O)(=O)c1c(Cl)cccc1Cl. The molecule has 19 heavy (non-hydrogen) atoms. The number of hydrogen-bond acceptors (Lipinski definition) is 4. The Kier molecular flexibility index (Phi) is 7.10. The maximum absolute atomic E-state index is 12.1. The summed E-state index contributed by atoms with van der Waals surface area (Å²) in [4.78, 5) is 0.0234. The molecule has 0 spiro atoms. The predicted octanol–water partition coefficient (Wildman–Crippen LogP) is 2.39. The molecule has 108 valence electrons. The van der Waals surface area contributed by atoms with Gasteiger partial charge in [-0.3, -0.25) is 0 Å². The normalized spacial score (nSPS) is 11.7. The molecule has 0 aliphatic rings. The molecule has 1 rings (SSSR count). The van der Waals surface area contributed by atoms with Gasteiger partial charge in [-0.2, -0.15) is 0 Å². The zero-order valence-corrected chi connectivity index (χ0v) is 13.0. The van der Waals surface area contributed by atoms with Crippen LogP contribution in [0.2, 0.25) is 10.0 Å². The van der Waals surface area contributed by atoms with E-state index in [0.29, 0.717) is 26.1 Å². The number of halogens is 2. The Morgan fingerprint density at radius 3 is 2.42 bits per heavy atom. The fourth-order valence-corrected chi connectivity index (χ4v) is 4.13. The Morgan fingerprint density at radius 2 is 1.84 bits per heavy atom. The first kappa shape index (κ1) is 16.7. The van der Waals surface area contributed by atoms with Crippen LogP contribution in [0.15, 0.2) is 23.1 Å². The molecule has 1 aromatic carbocycles. The number of benzene rings is 1. The summed E-state index contributed by atoms with van der Waals surface area (Å²) in [5.74, 6) is 0.0104. The maximum atomic E-state index is 12.1. The molecule has 0 saturated heterocycles. The van der Waals surface area contributed by atoms with Gasteiger partial charge in [0.1, 0.15) is 4.90 Å². The second-order valence-corrected chi connectivity index (χ2v) is 6.83. The van der Waals surface area contributed by atoms with Crippen molar-refractivity contribution in [3.8, 4) is 0 Å². The fourth-order valence-electron chi connectivity index (χ4n) is 1.57. The van der Waals surface area contributed by atoms with Crippen LogP contribution in [0.3, 0.4) is 0 Å². The summed E-state index contributed by atoms with van der Waals surface area (Å²) in [6, 6.07) is 4.67. The van der Waals surface area contributed by atoms with Crippen molar-refractivity contribution >= 4 is 33.0 Å². The molecule has 0 fully saturated rings. The van der Waals surface area contributed by atoms with E-state index >= 15 is 0 Å². The minimum absolute atomic E-state index is 0.0104. The molecule has 0 atom stereocenters. The number of nitrogens with one attached hydrogen (secondary N) is 1. The number of ether oxygens (including phenoxy) is 1. The van der Waals surface area contributed by atoms with Gasteiger partial charge in [0.15, 0.2) is 9.84 Å². The van der Waals surface area contributed by atoms with Crippen LogP contribution in [0.4, 0.5) is 0 Å². The van der Waals surface area contributed by atoms with E-state index in [2.05, 4.69) is 5.32 Å². The van der Waals surface area contributed by atoms with E-state index in [-0.39, 0.29) is 20.7 Å². The minimum Gasteiger partial charge on any atom is -0.383 e. The Labute approximate surface area is 124 Å². The second-order valence-electron chi connectivity index (χ2n) is 3.97. The molecule has 1 aromatic rings. The molecule has 4 nitrogen and oxygen atoms in total. The number of methoxy groups -OCH3 is 1. The molecule has 0 aliphatic heterocycles. The quantitative estimate of drug-likeness (QED) is 0.746. The third kappa shape index (κ3) is 5.28. The lowest BCUT2D eigenvalue weighted by molar-refractivity contribution is 0.199. The third-order valence-electron chi connectivity index (χ3n) is 2.48. The summed E-state index contributed by atoms with van der Waals surface area (Å²) in [5, 5.41) is 3.42. The van der Waals surface area contributed by atoms with E-state index in [1.165, 1.54) is 12.1 Å². The van der Waals surface area contributed by atoms with Crippen LogP contribution < -0.4 is 5.32 Å². The number of hydrogen-bond donors (Lipinski definition) is 1. The Morgan fingerprint density at radius 1 is 1.21 bits per heavy atom. The van der Waals surface area contributed by atoms with Crippen LogP contribution in [0.25, 0.3) is 0 Å². The van der Waals surface area contributed by atoms with Crippen molar-refractivity contribution < 1.29 is 13.2 Å². The molecule has 1 N–H and O–H groups in total. The second kappa shape index (κ2) is 8.07. The lowest BCUT2D eigenvalue weighted by Crippen LogP contribution is -2.22. The van der Waals surface area contributed by atoms with Gasteiger partial charge < -0.3 is 10.1 Å². The van der Waals surface area contributed by atoms with Crippen LogP contribution in [-0.2, 0) is 14.6 Å². The molecular formula is C12H17Cl2NO3S. The van der Waals surface area contributed by atoms with Crippen LogP contribution in [0, 0.1) is 0 Å². The average molecular weight is 326 g/mol. The Bertz CT molecular complexity index is 485. The van der Waals surface area contributed by atoms with Gasteiger partial charge in [0.2, 0.25) is 0 Å². The Hall–Kier alpha value is -0.330. The Balaban J connectivity index is 2.57. The molecule has 0 radical (unpaired) electrons. The molecule has 0 heterocycles. The standard InChI is InChI=1S/C12H17Cl2NO3S/c1-18-8-7-15-6-3-9-19(16,17)12-10(13)4-2-5-11(12)14/h2,4-5,15H,3,6-9H2,1H3. The maximum Gasteiger partial charge on any atom is 0.181 e. The van der Waals surface area contributed by atoms with E-state index in [1.54, 1.807) is 13.2 Å². The molecule has 0 unspecified atom stereocenters. The molecular weight excluding hydrogens is 309 g/mol. The van der Waals surface area contributed by atoms with E-state index in [0.717, 1.165) is 0 Å². The summed E-state index contributed by atoms with van der Waals surface area (Å²) in [5.41, 5.74) is 0. The van der Waals surface area contributed by atoms with Crippen molar-refractivity contribution in [3.63, 3.8) is 0 Å². The van der Waals surface area contributed by atoms with Gasteiger partial charge >= 0.3 is 0 Å². The first-order valence-corrected chi connectivity index (χ1v) is 8.26. The fraction of sp³-hybridized carbons (Fsp3) is 0.500. The van der Waals surface area contributed by atoms with Crippen LogP contribution in [0.5, 0.6) is 0 Å². The van der Waals surface area contributed by atoms with Crippen LogP contribution in [0.1, 0.15) is 6.42 Å². The summed E-state index contributed by atoms with van der Waals surface area (Å²) in [7, 11) is -1.83. The molecule has 7 heteroatoms. The lowest BCUT2D eigenvalue weighted by Gasteiger charge is -2.09. The van der Waals surface area contributed by atoms with Crippen molar-refractivity contribution in [2.24, 2.45) is 0 Å². The van der Waals surface area contributed by atoms with Crippen molar-refractivity contribution in [1.29, 1.82) is 0 Å². The zero-order valence-electron chi connectivity index (χ0n) is 10.7. The number of rotatable bonds is 8. The van der Waals surface area contributed by atoms with Gasteiger partial charge in [-0.1, -0.05) is 29.3 Å². The molecule has 0 saturated carbocycles. The largest absolute Gasteiger partial charge is 0.383 e. The van der Waals surface area contributed by atoms with Gasteiger partial charge in [-0.15, -0.1) is 0 Å². The molecule has 0 bridgehead atoms. The highest BCUT2D eigenvalue weighted by Crippen LogP contribution is 2.29. The highest BCUT2D eigenvalue weighted by atomic mass is 35.5. The van der Waals surface area contributed by atoms with Gasteiger partial charge in [-0.25, -0.2) is 8.42 Å². The van der Waals surface area contributed by atoms with Crippen LogP contribution in [-0.4, -0.2) is 41.0 Å². The predicted molar refractivity (Wildman–Crippen MR) is 77.9 cm³/mol. The van der Waals surface area contributed by atoms with Crippen molar-refractivity contribution in [1.82, 2.24) is 5.32 Å². The first-order chi connectivity index (χ1) is 8.99. The van der Waals surface area contributed by atoms with Crippen molar-refractivity contribution in [2.75, 3.05) is 32.6 Å². The zero-order chi connectivity index (χ0) is 14.3. The lowest BCUT2D eigenvalue weighted by atomic mass is 10.4. The van der Waals surface area contributed by atoms with Gasteiger partial charge in [0.05, 0.1) is 22.4 Å². The average Bonchev–Trinajstić information content (AvgIpc) is 2.33. The minimum atomic E-state index is -3.45. The van der Waals surface area contributed by atoms with E-state index in [1.807, 2.05) is 0 Å². The topological polar surface area (TPSA) is 55.4 Å². The number of sulfone groups is 1. The highest BCUT2D eigenvalue weighted by molar-refractivity contribution is 7.91. The van der Waals surface area contributed by atoms with E-state index in [9.17, 15) is 8.42 Å². The van der Waals surface area contributed by atoms with Gasteiger partial charge in [0.25, 0.3) is 0 Å². The molecule has 0 aliphatic carbocycles.